The molecule has 3 aromatic rings. The molecule has 1 heterocycles. The number of hydrogen-bond acceptors (Lipinski definition) is 5. The van der Waals surface area contributed by atoms with E-state index in [-0.39, 0.29) is 33.4 Å². The molecule has 4 rings (SSSR count). The molecule has 50 heavy (non-hydrogen) atoms. The molecule has 1 aliphatic rings. The topological polar surface area (TPSA) is 72.8 Å². The molecular weight excluding hydrogens is 620 g/mol. The summed E-state index contributed by atoms with van der Waals surface area (Å²) in [5.74, 6) is -0.641. The maximum Gasteiger partial charge on any atom is 0.343 e. The van der Waals surface area contributed by atoms with E-state index in [9.17, 15) is 14.7 Å². The van der Waals surface area contributed by atoms with Crippen LogP contribution in [-0.2, 0) is 26.5 Å². The normalized spacial score (nSPS) is 15.9. The molecule has 0 saturated heterocycles. The second-order valence-corrected chi connectivity index (χ2v) is 20.4. The molecule has 0 spiro atoms. The smallest absolute Gasteiger partial charge is 0.343 e. The van der Waals surface area contributed by atoms with E-state index in [4.69, 9.17) is 9.47 Å². The molecule has 272 valence electrons. The van der Waals surface area contributed by atoms with Crippen molar-refractivity contribution in [2.75, 3.05) is 0 Å². The first-order valence-electron chi connectivity index (χ1n) is 18.1. The minimum absolute atomic E-state index is 0.0651. The van der Waals surface area contributed by atoms with E-state index in [1.165, 1.54) is 0 Å². The predicted octanol–water partition coefficient (Wildman–Crippen LogP) is 11.7. The Morgan fingerprint density at radius 2 is 1.10 bits per heavy atom. The summed E-state index contributed by atoms with van der Waals surface area (Å²) in [7, 11) is 0. The van der Waals surface area contributed by atoms with Crippen LogP contribution in [0.3, 0.4) is 0 Å². The van der Waals surface area contributed by atoms with Crippen molar-refractivity contribution in [2.45, 2.75) is 151 Å². The highest BCUT2D eigenvalue weighted by Crippen LogP contribution is 2.48. The van der Waals surface area contributed by atoms with Crippen LogP contribution in [0.5, 0.6) is 17.2 Å². The Morgan fingerprint density at radius 1 is 0.660 bits per heavy atom. The number of fused-ring (bicyclic) bond motifs is 1. The maximum atomic E-state index is 14.1. The number of aromatic hydroxyl groups is 1. The van der Waals surface area contributed by atoms with Gasteiger partial charge in [0.05, 0.1) is 5.56 Å². The van der Waals surface area contributed by atoms with Crippen molar-refractivity contribution < 1.29 is 24.2 Å². The molecule has 0 aromatic heterocycles. The molecular formula is C45H62O5. The van der Waals surface area contributed by atoms with Gasteiger partial charge in [0.15, 0.2) is 0 Å². The SMILES string of the molecule is CC(C)(C)CC(C)(C)c1ccc(OC(=O)c2cc(C(C)(C)C)c(O)c(C(C)(C)C)c2)c(C2C(=O)Oc3ccc(C(C)(C)CC(C)(C)C)cc32)c1. The standard InChI is InChI=1S/C45H62O5/c1-40(2,3)25-44(13,14)28-17-19-34(49-38(47)27-21-32(42(7,8)9)37(46)33(22-27)43(10,11)12)30(23-28)36-31-24-29(18-20-35(31)50-39(36)48)45(15,16)26-41(4,5)6/h17-24,36,46H,25-26H2,1-16H3. The van der Waals surface area contributed by atoms with Gasteiger partial charge >= 0.3 is 11.9 Å². The molecule has 1 atom stereocenters. The van der Waals surface area contributed by atoms with Gasteiger partial charge in [-0.05, 0) is 80.7 Å². The molecule has 5 heteroatoms. The third-order valence-electron chi connectivity index (χ3n) is 9.76. The van der Waals surface area contributed by atoms with E-state index in [2.05, 4.69) is 81.4 Å². The highest BCUT2D eigenvalue weighted by atomic mass is 16.5. The van der Waals surface area contributed by atoms with Gasteiger partial charge < -0.3 is 14.6 Å². The number of carbonyl (C=O) groups is 2. The van der Waals surface area contributed by atoms with Gasteiger partial charge in [0.2, 0.25) is 0 Å². The lowest BCUT2D eigenvalue weighted by Gasteiger charge is -2.34. The third-order valence-corrected chi connectivity index (χ3v) is 9.76. The van der Waals surface area contributed by atoms with E-state index in [0.29, 0.717) is 33.8 Å². The first-order chi connectivity index (χ1) is 22.5. The average molecular weight is 683 g/mol. The van der Waals surface area contributed by atoms with Gasteiger partial charge in [0, 0.05) is 22.3 Å². The monoisotopic (exact) mass is 682 g/mol. The Hall–Kier alpha value is -3.60. The number of benzene rings is 3. The molecule has 3 aromatic carbocycles. The molecule has 0 radical (unpaired) electrons. The van der Waals surface area contributed by atoms with E-state index >= 15 is 0 Å². The lowest BCUT2D eigenvalue weighted by molar-refractivity contribution is -0.133. The van der Waals surface area contributed by atoms with Crippen LogP contribution < -0.4 is 9.47 Å². The van der Waals surface area contributed by atoms with Crippen molar-refractivity contribution in [1.82, 2.24) is 0 Å². The first kappa shape index (κ1) is 39.2. The Balaban J connectivity index is 1.91. The van der Waals surface area contributed by atoms with Gasteiger partial charge in [-0.3, -0.25) is 4.79 Å². The van der Waals surface area contributed by atoms with Crippen LogP contribution in [0, 0.1) is 10.8 Å². The van der Waals surface area contributed by atoms with Gasteiger partial charge in [-0.2, -0.15) is 0 Å². The van der Waals surface area contributed by atoms with Gasteiger partial charge in [-0.15, -0.1) is 0 Å². The van der Waals surface area contributed by atoms with Gasteiger partial charge in [0.25, 0.3) is 0 Å². The van der Waals surface area contributed by atoms with Gasteiger partial charge in [-0.1, -0.05) is 135 Å². The summed E-state index contributed by atoms with van der Waals surface area (Å²) in [6.07, 6.45) is 1.87. The fourth-order valence-corrected chi connectivity index (χ4v) is 8.08. The van der Waals surface area contributed by atoms with Crippen molar-refractivity contribution in [3.63, 3.8) is 0 Å². The number of esters is 2. The summed E-state index contributed by atoms with van der Waals surface area (Å²) < 4.78 is 12.2. The number of phenolic OH excluding ortho intramolecular Hbond substituents is 1. The molecule has 0 aliphatic carbocycles. The summed E-state index contributed by atoms with van der Waals surface area (Å²) >= 11 is 0. The number of hydrogen-bond donors (Lipinski definition) is 1. The molecule has 1 N–H and O–H groups in total. The minimum Gasteiger partial charge on any atom is -0.507 e. The van der Waals surface area contributed by atoms with Gasteiger partial charge in [0.1, 0.15) is 23.2 Å². The van der Waals surface area contributed by atoms with E-state index < -0.39 is 22.7 Å². The Bertz CT molecular complexity index is 1740. The Labute approximate surface area is 302 Å². The quantitative estimate of drug-likeness (QED) is 0.198. The van der Waals surface area contributed by atoms with Crippen molar-refractivity contribution in [2.24, 2.45) is 10.8 Å². The summed E-state index contributed by atoms with van der Waals surface area (Å²) in [6.45, 7) is 34.4. The lowest BCUT2D eigenvalue weighted by atomic mass is 9.71. The average Bonchev–Trinajstić information content (AvgIpc) is 3.24. The highest BCUT2D eigenvalue weighted by molar-refractivity contribution is 5.94. The fourth-order valence-electron chi connectivity index (χ4n) is 8.08. The predicted molar refractivity (Wildman–Crippen MR) is 205 cm³/mol. The zero-order chi connectivity index (χ0) is 38.0. The molecule has 0 amide bonds. The van der Waals surface area contributed by atoms with E-state index in [0.717, 1.165) is 29.5 Å². The summed E-state index contributed by atoms with van der Waals surface area (Å²) in [6, 6.07) is 15.4. The summed E-state index contributed by atoms with van der Waals surface area (Å²) in [4.78, 5) is 28.0. The lowest BCUT2D eigenvalue weighted by Crippen LogP contribution is -2.26. The van der Waals surface area contributed by atoms with Crippen molar-refractivity contribution in [3.05, 3.63) is 87.5 Å². The summed E-state index contributed by atoms with van der Waals surface area (Å²) in [5, 5.41) is 11.3. The number of ether oxygens (including phenoxy) is 2. The molecule has 1 aliphatic heterocycles. The number of phenols is 1. The molecule has 0 bridgehead atoms. The first-order valence-corrected chi connectivity index (χ1v) is 18.1. The van der Waals surface area contributed by atoms with Gasteiger partial charge in [-0.25, -0.2) is 4.79 Å². The van der Waals surface area contributed by atoms with Crippen LogP contribution in [0.4, 0.5) is 0 Å². The second-order valence-electron chi connectivity index (χ2n) is 20.4. The number of carbonyl (C=O) groups excluding carboxylic acids is 2. The molecule has 1 unspecified atom stereocenters. The fraction of sp³-hybridized carbons (Fsp3) is 0.556. The van der Waals surface area contributed by atoms with Crippen LogP contribution in [0.15, 0.2) is 48.5 Å². The van der Waals surface area contributed by atoms with Crippen molar-refractivity contribution >= 4 is 11.9 Å². The Morgan fingerprint density at radius 3 is 1.54 bits per heavy atom. The van der Waals surface area contributed by atoms with Crippen molar-refractivity contribution in [3.8, 4) is 17.2 Å². The second kappa shape index (κ2) is 12.9. The Kier molecular flexibility index (Phi) is 10.1. The van der Waals surface area contributed by atoms with Crippen LogP contribution in [0.25, 0.3) is 0 Å². The zero-order valence-corrected chi connectivity index (χ0v) is 33.7. The highest BCUT2D eigenvalue weighted by Gasteiger charge is 2.40. The third kappa shape index (κ3) is 8.64. The minimum atomic E-state index is -0.765. The van der Waals surface area contributed by atoms with Crippen LogP contribution in [-0.4, -0.2) is 17.0 Å². The van der Waals surface area contributed by atoms with Crippen LogP contribution in [0.1, 0.15) is 173 Å². The van der Waals surface area contributed by atoms with E-state index in [1.54, 1.807) is 12.1 Å². The van der Waals surface area contributed by atoms with E-state index in [1.807, 2.05) is 65.8 Å². The largest absolute Gasteiger partial charge is 0.507 e. The van der Waals surface area contributed by atoms with Crippen LogP contribution >= 0.6 is 0 Å². The molecule has 0 fully saturated rings. The summed E-state index contributed by atoms with van der Waals surface area (Å²) in [5.41, 5.74) is 4.25. The maximum absolute atomic E-state index is 14.1. The van der Waals surface area contributed by atoms with Crippen LogP contribution in [0.2, 0.25) is 0 Å². The molecule has 5 nitrogen and oxygen atoms in total. The zero-order valence-electron chi connectivity index (χ0n) is 33.7. The molecule has 0 saturated carbocycles. The number of rotatable bonds is 7. The van der Waals surface area contributed by atoms with Crippen molar-refractivity contribution in [1.29, 1.82) is 0 Å².